The van der Waals surface area contributed by atoms with E-state index in [1.807, 2.05) is 54.6 Å². The number of aryl methyl sites for hydroxylation is 1. The van der Waals surface area contributed by atoms with Crippen LogP contribution >= 0.6 is 0 Å². The van der Waals surface area contributed by atoms with Crippen molar-refractivity contribution in [1.82, 2.24) is 19.3 Å². The van der Waals surface area contributed by atoms with Gasteiger partial charge in [0, 0.05) is 6.54 Å². The Kier molecular flexibility index (Phi) is 4.29. The van der Waals surface area contributed by atoms with Crippen LogP contribution in [0.4, 0.5) is 0 Å². The summed E-state index contributed by atoms with van der Waals surface area (Å²) in [6, 6.07) is 23.3. The van der Waals surface area contributed by atoms with Crippen LogP contribution in [-0.4, -0.2) is 19.3 Å². The number of aromatic nitrogens is 4. The maximum Gasteiger partial charge on any atom is 0.265 e. The predicted octanol–water partition coefficient (Wildman–Crippen LogP) is 4.08. The quantitative estimate of drug-likeness (QED) is 0.459. The SMILES string of the molecule is O=c1c2cnn(-c3ccccc3)c2nc(-c2ccco2)n1CCc1ccccc1. The summed E-state index contributed by atoms with van der Waals surface area (Å²) < 4.78 is 8.94. The van der Waals surface area contributed by atoms with Crippen molar-refractivity contribution in [1.29, 1.82) is 0 Å². The van der Waals surface area contributed by atoms with Crippen molar-refractivity contribution in [2.45, 2.75) is 13.0 Å². The van der Waals surface area contributed by atoms with Crippen LogP contribution in [0.3, 0.4) is 0 Å². The Morgan fingerprint density at radius 2 is 1.66 bits per heavy atom. The predicted molar refractivity (Wildman–Crippen MR) is 111 cm³/mol. The fourth-order valence-electron chi connectivity index (χ4n) is 3.45. The second-order valence-electron chi connectivity index (χ2n) is 6.73. The first-order chi connectivity index (χ1) is 14.3. The molecule has 29 heavy (non-hydrogen) atoms. The lowest BCUT2D eigenvalue weighted by Crippen LogP contribution is -2.24. The molecule has 0 N–H and O–H groups in total. The molecular weight excluding hydrogens is 364 g/mol. The van der Waals surface area contributed by atoms with Gasteiger partial charge in [0.05, 0.1) is 18.1 Å². The molecular formula is C23H18N4O2. The molecule has 6 heteroatoms. The third-order valence-corrected chi connectivity index (χ3v) is 4.90. The molecule has 3 aromatic heterocycles. The lowest BCUT2D eigenvalue weighted by molar-refractivity contribution is 0.562. The fourth-order valence-corrected chi connectivity index (χ4v) is 3.45. The number of hydrogen-bond acceptors (Lipinski definition) is 4. The monoisotopic (exact) mass is 382 g/mol. The molecule has 0 spiro atoms. The minimum atomic E-state index is -0.125. The standard InChI is InChI=1S/C23H18N4O2/c28-23-19-16-24-27(18-10-5-2-6-11-18)21(19)25-22(20-12-7-15-29-20)26(23)14-13-17-8-3-1-4-9-17/h1-12,15-16H,13-14H2. The van der Waals surface area contributed by atoms with E-state index in [1.54, 1.807) is 27.8 Å². The molecule has 2 aromatic carbocycles. The van der Waals surface area contributed by atoms with Crippen LogP contribution < -0.4 is 5.56 Å². The third-order valence-electron chi connectivity index (χ3n) is 4.90. The lowest BCUT2D eigenvalue weighted by atomic mass is 10.1. The van der Waals surface area contributed by atoms with Crippen molar-refractivity contribution >= 4 is 11.0 Å². The van der Waals surface area contributed by atoms with Crippen LogP contribution in [0.15, 0.2) is 94.5 Å². The second-order valence-corrected chi connectivity index (χ2v) is 6.73. The average Bonchev–Trinajstić information content (AvgIpc) is 3.44. The summed E-state index contributed by atoms with van der Waals surface area (Å²) in [4.78, 5) is 18.1. The van der Waals surface area contributed by atoms with E-state index in [0.717, 1.165) is 11.3 Å². The molecule has 0 aliphatic heterocycles. The topological polar surface area (TPSA) is 65.8 Å². The minimum Gasteiger partial charge on any atom is -0.461 e. The summed E-state index contributed by atoms with van der Waals surface area (Å²) >= 11 is 0. The van der Waals surface area contributed by atoms with Crippen LogP contribution in [0.25, 0.3) is 28.3 Å². The molecule has 6 nitrogen and oxygen atoms in total. The lowest BCUT2D eigenvalue weighted by Gasteiger charge is -2.12. The van der Waals surface area contributed by atoms with Gasteiger partial charge in [-0.15, -0.1) is 0 Å². The maximum absolute atomic E-state index is 13.3. The van der Waals surface area contributed by atoms with E-state index in [1.165, 1.54) is 0 Å². The van der Waals surface area contributed by atoms with Gasteiger partial charge >= 0.3 is 0 Å². The molecule has 0 aliphatic carbocycles. The summed E-state index contributed by atoms with van der Waals surface area (Å²) in [5.74, 6) is 1.05. The van der Waals surface area contributed by atoms with E-state index in [0.29, 0.717) is 35.6 Å². The summed E-state index contributed by atoms with van der Waals surface area (Å²) in [6.07, 6.45) is 3.89. The first-order valence-electron chi connectivity index (χ1n) is 9.43. The minimum absolute atomic E-state index is 0.125. The van der Waals surface area contributed by atoms with Crippen LogP contribution in [0.1, 0.15) is 5.56 Å². The zero-order chi connectivity index (χ0) is 19.6. The highest BCUT2D eigenvalue weighted by molar-refractivity contribution is 5.77. The normalized spacial score (nSPS) is 11.2. The number of rotatable bonds is 5. The molecule has 0 saturated carbocycles. The highest BCUT2D eigenvalue weighted by Gasteiger charge is 2.18. The van der Waals surface area contributed by atoms with Crippen LogP contribution in [0, 0.1) is 0 Å². The number of benzene rings is 2. The van der Waals surface area contributed by atoms with E-state index in [9.17, 15) is 4.79 Å². The van der Waals surface area contributed by atoms with Crippen molar-refractivity contribution < 1.29 is 4.42 Å². The van der Waals surface area contributed by atoms with E-state index in [2.05, 4.69) is 17.2 Å². The van der Waals surface area contributed by atoms with Crippen molar-refractivity contribution in [3.63, 3.8) is 0 Å². The number of furan rings is 1. The Morgan fingerprint density at radius 1 is 0.897 bits per heavy atom. The molecule has 0 amide bonds. The van der Waals surface area contributed by atoms with E-state index >= 15 is 0 Å². The fraction of sp³-hybridized carbons (Fsp3) is 0.0870. The highest BCUT2D eigenvalue weighted by atomic mass is 16.3. The van der Waals surface area contributed by atoms with Gasteiger partial charge in [-0.25, -0.2) is 9.67 Å². The smallest absolute Gasteiger partial charge is 0.265 e. The first kappa shape index (κ1) is 17.2. The summed E-state index contributed by atoms with van der Waals surface area (Å²) in [7, 11) is 0. The van der Waals surface area contributed by atoms with Crippen molar-refractivity contribution in [2.75, 3.05) is 0 Å². The summed E-state index contributed by atoms with van der Waals surface area (Å²) in [6.45, 7) is 0.498. The molecule has 0 saturated heterocycles. The Morgan fingerprint density at radius 3 is 2.38 bits per heavy atom. The Hall–Kier alpha value is -3.93. The van der Waals surface area contributed by atoms with Gasteiger partial charge in [-0.2, -0.15) is 5.10 Å². The number of para-hydroxylation sites is 1. The first-order valence-corrected chi connectivity index (χ1v) is 9.43. The van der Waals surface area contributed by atoms with E-state index in [-0.39, 0.29) is 5.56 Å². The number of nitrogens with zero attached hydrogens (tertiary/aromatic N) is 4. The molecule has 5 aromatic rings. The molecule has 0 bridgehead atoms. The van der Waals surface area contributed by atoms with Crippen molar-refractivity contribution in [2.24, 2.45) is 0 Å². The molecule has 0 fully saturated rings. The van der Waals surface area contributed by atoms with Crippen LogP contribution in [-0.2, 0) is 13.0 Å². The van der Waals surface area contributed by atoms with Gasteiger partial charge < -0.3 is 4.42 Å². The second kappa shape index (κ2) is 7.24. The maximum atomic E-state index is 13.3. The van der Waals surface area contributed by atoms with Crippen LogP contribution in [0.2, 0.25) is 0 Å². The summed E-state index contributed by atoms with van der Waals surface area (Å²) in [5, 5.41) is 4.90. The zero-order valence-electron chi connectivity index (χ0n) is 15.6. The van der Waals surface area contributed by atoms with Gasteiger partial charge in [0.1, 0.15) is 5.39 Å². The van der Waals surface area contributed by atoms with Crippen molar-refractivity contribution in [3.8, 4) is 17.3 Å². The number of hydrogen-bond donors (Lipinski definition) is 0. The highest BCUT2D eigenvalue weighted by Crippen LogP contribution is 2.21. The van der Waals surface area contributed by atoms with Gasteiger partial charge in [-0.1, -0.05) is 48.5 Å². The molecule has 0 radical (unpaired) electrons. The van der Waals surface area contributed by atoms with Crippen LogP contribution in [0.5, 0.6) is 0 Å². The van der Waals surface area contributed by atoms with E-state index < -0.39 is 0 Å². The van der Waals surface area contributed by atoms with Crippen molar-refractivity contribution in [3.05, 3.63) is 101 Å². The van der Waals surface area contributed by atoms with Gasteiger partial charge in [0.25, 0.3) is 5.56 Å². The number of fused-ring (bicyclic) bond motifs is 1. The van der Waals surface area contributed by atoms with Gasteiger partial charge in [-0.05, 0) is 36.2 Å². The molecule has 0 unspecified atom stereocenters. The average molecular weight is 382 g/mol. The molecule has 3 heterocycles. The Bertz CT molecular complexity index is 1300. The van der Waals surface area contributed by atoms with Gasteiger partial charge in [0.15, 0.2) is 17.2 Å². The largest absolute Gasteiger partial charge is 0.461 e. The van der Waals surface area contributed by atoms with Gasteiger partial charge in [-0.3, -0.25) is 9.36 Å². The van der Waals surface area contributed by atoms with Gasteiger partial charge in [0.2, 0.25) is 0 Å². The van der Waals surface area contributed by atoms with E-state index in [4.69, 9.17) is 9.40 Å². The summed E-state index contributed by atoms with van der Waals surface area (Å²) in [5.41, 5.74) is 2.40. The third kappa shape index (κ3) is 3.14. The Labute approximate surface area is 166 Å². The molecule has 0 aliphatic rings. The Balaban J connectivity index is 1.67. The molecule has 5 rings (SSSR count). The zero-order valence-corrected chi connectivity index (χ0v) is 15.6. The molecule has 142 valence electrons. The molecule has 0 atom stereocenters.